The number of hydrogen-bond donors (Lipinski definition) is 2. The van der Waals surface area contributed by atoms with Crippen LogP contribution in [0.15, 0.2) is 41.0 Å². The standard InChI is InChI=1S/C12H12BrN3O2/c1-8(12(17)15-11-6-7-14-16-11)18-10-5-3-2-4-9(10)13/h2-8H,1H3,(H2,14,15,16,17). The number of H-pyrrole nitrogens is 1. The number of anilines is 1. The predicted octanol–water partition coefficient (Wildman–Crippen LogP) is 2.58. The summed E-state index contributed by atoms with van der Waals surface area (Å²) in [6.07, 6.45) is 0.960. The monoisotopic (exact) mass is 309 g/mol. The van der Waals surface area contributed by atoms with Crippen molar-refractivity contribution in [2.45, 2.75) is 13.0 Å². The normalized spacial score (nSPS) is 11.9. The third-order valence-electron chi connectivity index (χ3n) is 2.27. The zero-order valence-corrected chi connectivity index (χ0v) is 11.3. The third-order valence-corrected chi connectivity index (χ3v) is 2.92. The molecular weight excluding hydrogens is 298 g/mol. The van der Waals surface area contributed by atoms with Crippen LogP contribution in [0.25, 0.3) is 0 Å². The number of ether oxygens (including phenoxy) is 1. The number of benzene rings is 1. The molecule has 1 aromatic carbocycles. The highest BCUT2D eigenvalue weighted by Crippen LogP contribution is 2.24. The van der Waals surface area contributed by atoms with Gasteiger partial charge in [0.1, 0.15) is 11.6 Å². The maximum Gasteiger partial charge on any atom is 0.266 e. The molecule has 0 saturated carbocycles. The van der Waals surface area contributed by atoms with Gasteiger partial charge >= 0.3 is 0 Å². The van der Waals surface area contributed by atoms with Gasteiger partial charge in [-0.15, -0.1) is 0 Å². The minimum atomic E-state index is -0.605. The van der Waals surface area contributed by atoms with E-state index in [0.717, 1.165) is 4.47 Å². The number of para-hydroxylation sites is 1. The van der Waals surface area contributed by atoms with Gasteiger partial charge < -0.3 is 10.1 Å². The van der Waals surface area contributed by atoms with Crippen molar-refractivity contribution < 1.29 is 9.53 Å². The minimum absolute atomic E-state index is 0.241. The summed E-state index contributed by atoms with van der Waals surface area (Å²) in [5.41, 5.74) is 0. The van der Waals surface area contributed by atoms with Gasteiger partial charge in [0.05, 0.1) is 10.7 Å². The first-order chi connectivity index (χ1) is 8.66. The van der Waals surface area contributed by atoms with E-state index in [1.54, 1.807) is 25.3 Å². The number of carbonyl (C=O) groups is 1. The Morgan fingerprint density at radius 1 is 1.44 bits per heavy atom. The summed E-state index contributed by atoms with van der Waals surface area (Å²) in [6.45, 7) is 1.69. The SMILES string of the molecule is CC(Oc1ccccc1Br)C(=O)Nc1ccn[nH]1. The number of aromatic nitrogens is 2. The predicted molar refractivity (Wildman–Crippen MR) is 71.4 cm³/mol. The topological polar surface area (TPSA) is 67.0 Å². The molecule has 0 bridgehead atoms. The number of halogens is 1. The fraction of sp³-hybridized carbons (Fsp3) is 0.167. The Morgan fingerprint density at radius 3 is 2.89 bits per heavy atom. The van der Waals surface area contributed by atoms with E-state index in [1.165, 1.54) is 0 Å². The molecule has 94 valence electrons. The van der Waals surface area contributed by atoms with Crippen molar-refractivity contribution >= 4 is 27.7 Å². The molecule has 0 spiro atoms. The highest BCUT2D eigenvalue weighted by Gasteiger charge is 2.16. The first-order valence-corrected chi connectivity index (χ1v) is 6.17. The summed E-state index contributed by atoms with van der Waals surface area (Å²) in [5, 5.41) is 9.06. The maximum atomic E-state index is 11.8. The fourth-order valence-electron chi connectivity index (χ4n) is 1.34. The quantitative estimate of drug-likeness (QED) is 0.912. The van der Waals surface area contributed by atoms with Crippen LogP contribution in [0.4, 0.5) is 5.82 Å². The molecule has 1 amide bonds. The zero-order valence-electron chi connectivity index (χ0n) is 9.68. The molecule has 1 aromatic heterocycles. The molecule has 0 radical (unpaired) electrons. The van der Waals surface area contributed by atoms with Gasteiger partial charge in [0.15, 0.2) is 6.10 Å². The van der Waals surface area contributed by atoms with Crippen molar-refractivity contribution in [2.24, 2.45) is 0 Å². The Bertz CT molecular complexity index is 528. The average Bonchev–Trinajstić information content (AvgIpc) is 2.84. The van der Waals surface area contributed by atoms with Gasteiger partial charge in [0, 0.05) is 6.07 Å². The average molecular weight is 310 g/mol. The maximum absolute atomic E-state index is 11.8. The summed E-state index contributed by atoms with van der Waals surface area (Å²) in [4.78, 5) is 11.8. The molecule has 2 aromatic rings. The van der Waals surface area contributed by atoms with Crippen molar-refractivity contribution in [3.8, 4) is 5.75 Å². The number of rotatable bonds is 4. The number of nitrogens with zero attached hydrogens (tertiary/aromatic N) is 1. The molecule has 6 heteroatoms. The first kappa shape index (κ1) is 12.6. The van der Waals surface area contributed by atoms with Gasteiger partial charge in [-0.25, -0.2) is 0 Å². The zero-order chi connectivity index (χ0) is 13.0. The number of hydrogen-bond acceptors (Lipinski definition) is 3. The Labute approximate surface area is 113 Å². The highest BCUT2D eigenvalue weighted by molar-refractivity contribution is 9.10. The fourth-order valence-corrected chi connectivity index (χ4v) is 1.72. The van der Waals surface area contributed by atoms with Crippen LogP contribution in [-0.4, -0.2) is 22.2 Å². The van der Waals surface area contributed by atoms with Crippen LogP contribution < -0.4 is 10.1 Å². The summed E-state index contributed by atoms with van der Waals surface area (Å²) in [5.74, 6) is 0.933. The molecule has 18 heavy (non-hydrogen) atoms. The van der Waals surface area contributed by atoms with Crippen molar-refractivity contribution in [3.05, 3.63) is 41.0 Å². The van der Waals surface area contributed by atoms with Gasteiger partial charge in [-0.1, -0.05) is 12.1 Å². The lowest BCUT2D eigenvalue weighted by atomic mass is 10.3. The van der Waals surface area contributed by atoms with Gasteiger partial charge in [-0.3, -0.25) is 9.89 Å². The molecule has 0 aliphatic carbocycles. The molecule has 5 nitrogen and oxygen atoms in total. The Kier molecular flexibility index (Phi) is 3.99. The first-order valence-electron chi connectivity index (χ1n) is 5.38. The Morgan fingerprint density at radius 2 is 2.22 bits per heavy atom. The van der Waals surface area contributed by atoms with Crippen LogP contribution in [0.3, 0.4) is 0 Å². The molecule has 1 heterocycles. The summed E-state index contributed by atoms with van der Waals surface area (Å²) >= 11 is 3.36. The Hall–Kier alpha value is -1.82. The molecule has 0 aliphatic rings. The van der Waals surface area contributed by atoms with Gasteiger partial charge in [-0.2, -0.15) is 5.10 Å². The second kappa shape index (κ2) is 5.68. The molecule has 0 saturated heterocycles. The molecular formula is C12H12BrN3O2. The van der Waals surface area contributed by atoms with Crippen molar-refractivity contribution in [1.29, 1.82) is 0 Å². The van der Waals surface area contributed by atoms with Gasteiger partial charge in [0.25, 0.3) is 5.91 Å². The smallest absolute Gasteiger partial charge is 0.266 e. The van der Waals surface area contributed by atoms with E-state index >= 15 is 0 Å². The van der Waals surface area contributed by atoms with Crippen LogP contribution in [0.5, 0.6) is 5.75 Å². The van der Waals surface area contributed by atoms with Crippen molar-refractivity contribution in [3.63, 3.8) is 0 Å². The van der Waals surface area contributed by atoms with E-state index in [0.29, 0.717) is 11.6 Å². The number of carbonyl (C=O) groups excluding carboxylic acids is 1. The van der Waals surface area contributed by atoms with Crippen LogP contribution in [-0.2, 0) is 4.79 Å². The van der Waals surface area contributed by atoms with Crippen LogP contribution in [0.1, 0.15) is 6.92 Å². The van der Waals surface area contributed by atoms with Crippen molar-refractivity contribution in [2.75, 3.05) is 5.32 Å². The van der Waals surface area contributed by atoms with E-state index in [-0.39, 0.29) is 5.91 Å². The molecule has 0 fully saturated rings. The highest BCUT2D eigenvalue weighted by atomic mass is 79.9. The number of aromatic amines is 1. The lowest BCUT2D eigenvalue weighted by Gasteiger charge is -2.14. The molecule has 1 unspecified atom stereocenters. The minimum Gasteiger partial charge on any atom is -0.480 e. The van der Waals surface area contributed by atoms with E-state index in [1.807, 2.05) is 18.2 Å². The molecule has 2 N–H and O–H groups in total. The van der Waals surface area contributed by atoms with E-state index < -0.39 is 6.10 Å². The summed E-state index contributed by atoms with van der Waals surface area (Å²) in [7, 11) is 0. The molecule has 1 atom stereocenters. The lowest BCUT2D eigenvalue weighted by Crippen LogP contribution is -2.30. The summed E-state index contributed by atoms with van der Waals surface area (Å²) < 4.78 is 6.37. The van der Waals surface area contributed by atoms with Gasteiger partial charge in [-0.05, 0) is 35.0 Å². The molecule has 0 aliphatic heterocycles. The number of nitrogens with one attached hydrogen (secondary N) is 2. The van der Waals surface area contributed by atoms with E-state index in [9.17, 15) is 4.79 Å². The number of amides is 1. The van der Waals surface area contributed by atoms with Crippen LogP contribution in [0.2, 0.25) is 0 Å². The second-order valence-electron chi connectivity index (χ2n) is 3.65. The van der Waals surface area contributed by atoms with Gasteiger partial charge in [0.2, 0.25) is 0 Å². The second-order valence-corrected chi connectivity index (χ2v) is 4.50. The third kappa shape index (κ3) is 3.10. The largest absolute Gasteiger partial charge is 0.480 e. The molecule has 2 rings (SSSR count). The summed E-state index contributed by atoms with van der Waals surface area (Å²) in [6, 6.07) is 9.05. The van der Waals surface area contributed by atoms with Crippen LogP contribution >= 0.6 is 15.9 Å². The lowest BCUT2D eigenvalue weighted by molar-refractivity contribution is -0.122. The van der Waals surface area contributed by atoms with E-state index in [4.69, 9.17) is 4.74 Å². The Balaban J connectivity index is 1.97. The van der Waals surface area contributed by atoms with Crippen molar-refractivity contribution in [1.82, 2.24) is 10.2 Å². The van der Waals surface area contributed by atoms with E-state index in [2.05, 4.69) is 31.4 Å². The van der Waals surface area contributed by atoms with Crippen LogP contribution in [0, 0.1) is 0 Å².